The molecule has 0 radical (unpaired) electrons. The number of hydrogen-bond acceptors (Lipinski definition) is 4. The molecule has 0 saturated heterocycles. The lowest BCUT2D eigenvalue weighted by Gasteiger charge is -2.06. The summed E-state index contributed by atoms with van der Waals surface area (Å²) in [6.07, 6.45) is 2.44. The number of aromatic amines is 1. The average molecular weight is 322 g/mol. The number of rotatable bonds is 6. The largest absolute Gasteiger partial charge is 0.310 e. The van der Waals surface area contributed by atoms with E-state index in [0.717, 1.165) is 15.6 Å². The van der Waals surface area contributed by atoms with E-state index in [-0.39, 0.29) is 5.56 Å². The summed E-state index contributed by atoms with van der Waals surface area (Å²) < 4.78 is 0. The van der Waals surface area contributed by atoms with Gasteiger partial charge in [0, 0.05) is 23.5 Å². The van der Waals surface area contributed by atoms with E-state index in [9.17, 15) is 4.79 Å². The molecule has 1 heterocycles. The summed E-state index contributed by atoms with van der Waals surface area (Å²) >= 11 is 7.69. The van der Waals surface area contributed by atoms with Crippen LogP contribution in [0.5, 0.6) is 0 Å². The van der Waals surface area contributed by atoms with Gasteiger partial charge in [-0.15, -0.1) is 11.8 Å². The van der Waals surface area contributed by atoms with Crippen molar-refractivity contribution in [2.24, 2.45) is 0 Å². The van der Waals surface area contributed by atoms with Crippen LogP contribution in [-0.2, 0) is 12.3 Å². The zero-order valence-corrected chi connectivity index (χ0v) is 13.0. The molecule has 2 N–H and O–H groups in total. The normalized spacial score (nSPS) is 14.3. The van der Waals surface area contributed by atoms with Crippen molar-refractivity contribution in [3.8, 4) is 0 Å². The molecule has 3 rings (SSSR count). The third-order valence-electron chi connectivity index (χ3n) is 3.19. The predicted octanol–water partition coefficient (Wildman–Crippen LogP) is 2.97. The zero-order valence-electron chi connectivity index (χ0n) is 11.4. The van der Waals surface area contributed by atoms with Gasteiger partial charge < -0.3 is 10.3 Å². The molecular weight excluding hydrogens is 306 g/mol. The van der Waals surface area contributed by atoms with Crippen LogP contribution in [0.15, 0.2) is 40.0 Å². The third-order valence-corrected chi connectivity index (χ3v) is 4.72. The van der Waals surface area contributed by atoms with Crippen molar-refractivity contribution in [1.82, 2.24) is 15.3 Å². The molecule has 1 fully saturated rings. The first kappa shape index (κ1) is 14.6. The Bertz CT molecular complexity index is 685. The van der Waals surface area contributed by atoms with E-state index >= 15 is 0 Å². The second kappa shape index (κ2) is 6.64. The quantitative estimate of drug-likeness (QED) is 0.803. The number of hydrogen-bond donors (Lipinski definition) is 2. The highest BCUT2D eigenvalue weighted by Gasteiger charge is 2.20. The Morgan fingerprint density at radius 2 is 2.19 bits per heavy atom. The highest BCUT2D eigenvalue weighted by Crippen LogP contribution is 2.28. The maximum Gasteiger partial charge on any atom is 0.251 e. The van der Waals surface area contributed by atoms with E-state index in [1.54, 1.807) is 17.8 Å². The monoisotopic (exact) mass is 321 g/mol. The predicted molar refractivity (Wildman–Crippen MR) is 85.7 cm³/mol. The van der Waals surface area contributed by atoms with Gasteiger partial charge in [0.2, 0.25) is 0 Å². The summed E-state index contributed by atoms with van der Waals surface area (Å²) in [6, 6.07) is 9.82. The summed E-state index contributed by atoms with van der Waals surface area (Å²) in [4.78, 5) is 20.0. The summed E-state index contributed by atoms with van der Waals surface area (Å²) in [5, 5.41) is 4.09. The van der Waals surface area contributed by atoms with E-state index < -0.39 is 0 Å². The van der Waals surface area contributed by atoms with Crippen LogP contribution in [0.2, 0.25) is 5.02 Å². The van der Waals surface area contributed by atoms with E-state index in [4.69, 9.17) is 11.6 Å². The molecule has 21 heavy (non-hydrogen) atoms. The van der Waals surface area contributed by atoms with Crippen molar-refractivity contribution in [2.75, 3.05) is 0 Å². The maximum atomic E-state index is 11.7. The van der Waals surface area contributed by atoms with E-state index in [1.807, 2.05) is 24.3 Å². The molecule has 110 valence electrons. The van der Waals surface area contributed by atoms with Crippen molar-refractivity contribution in [1.29, 1.82) is 0 Å². The van der Waals surface area contributed by atoms with Gasteiger partial charge in [0.25, 0.3) is 5.56 Å². The van der Waals surface area contributed by atoms with Crippen LogP contribution in [0.25, 0.3) is 0 Å². The SMILES string of the molecule is O=c1cc(CNC2CC2)nc(CSc2ccccc2Cl)[nH]1. The number of nitrogens with zero attached hydrogens (tertiary/aromatic N) is 1. The van der Waals surface area contributed by atoms with Crippen LogP contribution in [0.1, 0.15) is 24.4 Å². The molecule has 4 nitrogen and oxygen atoms in total. The fourth-order valence-electron chi connectivity index (χ4n) is 1.97. The number of thioether (sulfide) groups is 1. The first-order valence-corrected chi connectivity index (χ1v) is 8.27. The van der Waals surface area contributed by atoms with Crippen LogP contribution in [0.3, 0.4) is 0 Å². The van der Waals surface area contributed by atoms with Gasteiger partial charge in [-0.2, -0.15) is 0 Å². The van der Waals surface area contributed by atoms with Gasteiger partial charge >= 0.3 is 0 Å². The molecule has 1 aromatic heterocycles. The molecule has 1 aliphatic carbocycles. The zero-order chi connectivity index (χ0) is 14.7. The van der Waals surface area contributed by atoms with Crippen LogP contribution >= 0.6 is 23.4 Å². The third kappa shape index (κ3) is 4.33. The lowest BCUT2D eigenvalue weighted by molar-refractivity contribution is 0.668. The summed E-state index contributed by atoms with van der Waals surface area (Å²) in [5.74, 6) is 1.27. The van der Waals surface area contributed by atoms with Crippen molar-refractivity contribution in [3.05, 3.63) is 57.2 Å². The fraction of sp³-hybridized carbons (Fsp3) is 0.333. The van der Waals surface area contributed by atoms with Gasteiger partial charge in [-0.3, -0.25) is 4.79 Å². The fourth-order valence-corrected chi connectivity index (χ4v) is 3.08. The van der Waals surface area contributed by atoms with E-state index in [2.05, 4.69) is 15.3 Å². The number of benzene rings is 1. The molecule has 1 aromatic carbocycles. The Balaban J connectivity index is 1.66. The molecule has 6 heteroatoms. The highest BCUT2D eigenvalue weighted by atomic mass is 35.5. The molecule has 1 aliphatic rings. The standard InChI is InChI=1S/C15H16ClN3OS/c16-12-3-1-2-4-13(12)21-9-14-18-11(7-15(20)19-14)8-17-10-5-6-10/h1-4,7,10,17H,5-6,8-9H2,(H,18,19,20). The molecule has 1 saturated carbocycles. The second-order valence-electron chi connectivity index (χ2n) is 5.06. The molecule has 0 unspecified atom stereocenters. The Morgan fingerprint density at radius 1 is 1.38 bits per heavy atom. The minimum Gasteiger partial charge on any atom is -0.310 e. The molecule has 0 bridgehead atoms. The van der Waals surface area contributed by atoms with Gasteiger partial charge in [-0.1, -0.05) is 23.7 Å². The molecule has 0 aliphatic heterocycles. The summed E-state index contributed by atoms with van der Waals surface area (Å²) in [5.41, 5.74) is 0.688. The molecule has 2 aromatic rings. The average Bonchev–Trinajstić information content (AvgIpc) is 3.28. The van der Waals surface area contributed by atoms with Crippen LogP contribution < -0.4 is 10.9 Å². The first-order chi connectivity index (χ1) is 10.2. The minimum atomic E-state index is -0.104. The van der Waals surface area contributed by atoms with Gasteiger partial charge in [0.1, 0.15) is 5.82 Å². The van der Waals surface area contributed by atoms with Gasteiger partial charge in [0.05, 0.1) is 16.5 Å². The topological polar surface area (TPSA) is 57.8 Å². The van der Waals surface area contributed by atoms with Crippen LogP contribution in [0.4, 0.5) is 0 Å². The number of aromatic nitrogens is 2. The van der Waals surface area contributed by atoms with Gasteiger partial charge in [-0.25, -0.2) is 4.98 Å². The highest BCUT2D eigenvalue weighted by molar-refractivity contribution is 7.98. The lowest BCUT2D eigenvalue weighted by atomic mass is 10.4. The minimum absolute atomic E-state index is 0.104. The van der Waals surface area contributed by atoms with E-state index in [0.29, 0.717) is 24.2 Å². The van der Waals surface area contributed by atoms with Gasteiger partial charge in [0.15, 0.2) is 0 Å². The first-order valence-electron chi connectivity index (χ1n) is 6.90. The molecule has 0 amide bonds. The molecule has 0 spiro atoms. The van der Waals surface area contributed by atoms with E-state index in [1.165, 1.54) is 12.8 Å². The smallest absolute Gasteiger partial charge is 0.251 e. The number of halogens is 1. The number of H-pyrrole nitrogens is 1. The van der Waals surface area contributed by atoms with Crippen molar-refractivity contribution < 1.29 is 0 Å². The van der Waals surface area contributed by atoms with Crippen molar-refractivity contribution in [3.63, 3.8) is 0 Å². The van der Waals surface area contributed by atoms with Crippen LogP contribution in [-0.4, -0.2) is 16.0 Å². The van der Waals surface area contributed by atoms with Crippen molar-refractivity contribution >= 4 is 23.4 Å². The summed E-state index contributed by atoms with van der Waals surface area (Å²) in [6.45, 7) is 0.651. The Labute approximate surface area is 132 Å². The molecular formula is C15H16ClN3OS. The van der Waals surface area contributed by atoms with Gasteiger partial charge in [-0.05, 0) is 25.0 Å². The van der Waals surface area contributed by atoms with Crippen LogP contribution in [0, 0.1) is 0 Å². The Hall–Kier alpha value is -1.30. The Morgan fingerprint density at radius 3 is 2.95 bits per heavy atom. The number of nitrogens with one attached hydrogen (secondary N) is 2. The molecule has 0 atom stereocenters. The maximum absolute atomic E-state index is 11.7. The lowest BCUT2D eigenvalue weighted by Crippen LogP contribution is -2.20. The van der Waals surface area contributed by atoms with Crippen molar-refractivity contribution in [2.45, 2.75) is 36.1 Å². The summed E-state index contributed by atoms with van der Waals surface area (Å²) in [7, 11) is 0. The second-order valence-corrected chi connectivity index (χ2v) is 6.48. The Kier molecular flexibility index (Phi) is 4.63.